The van der Waals surface area contributed by atoms with E-state index in [9.17, 15) is 9.59 Å². The van der Waals surface area contributed by atoms with E-state index in [2.05, 4.69) is 10.3 Å². The second-order valence-corrected chi connectivity index (χ2v) is 6.09. The maximum Gasteiger partial charge on any atom is 0.254 e. The standard InChI is InChI=1S/C16H17N3O3S/c1-2-22-13-6-4-3-5-12(13)18-15(21)11-9-19-14(20)7-8-17-16(19)23-10-11/h3-8,11H,2,9-10H2,1H3,(H,18,21). The summed E-state index contributed by atoms with van der Waals surface area (Å²) < 4.78 is 7.06. The smallest absolute Gasteiger partial charge is 0.254 e. The zero-order valence-electron chi connectivity index (χ0n) is 12.7. The fourth-order valence-electron chi connectivity index (χ4n) is 2.39. The van der Waals surface area contributed by atoms with Crippen molar-refractivity contribution in [2.75, 3.05) is 17.7 Å². The van der Waals surface area contributed by atoms with Gasteiger partial charge in [-0.25, -0.2) is 4.98 Å². The van der Waals surface area contributed by atoms with Crippen LogP contribution in [0, 0.1) is 5.92 Å². The van der Waals surface area contributed by atoms with Gasteiger partial charge in [0.2, 0.25) is 5.91 Å². The number of benzene rings is 1. The van der Waals surface area contributed by atoms with E-state index in [0.717, 1.165) is 0 Å². The Bertz CT molecular complexity index is 775. The third-order valence-corrected chi connectivity index (χ3v) is 4.68. The molecular weight excluding hydrogens is 314 g/mol. The van der Waals surface area contributed by atoms with Gasteiger partial charge in [-0.3, -0.25) is 14.2 Å². The first-order valence-corrected chi connectivity index (χ1v) is 8.39. The fraction of sp³-hybridized carbons (Fsp3) is 0.312. The van der Waals surface area contributed by atoms with Crippen LogP contribution in [0.1, 0.15) is 6.92 Å². The van der Waals surface area contributed by atoms with Crippen LogP contribution in [0.25, 0.3) is 0 Å². The molecule has 1 aliphatic rings. The largest absolute Gasteiger partial charge is 0.492 e. The molecule has 1 amide bonds. The molecule has 120 valence electrons. The first-order chi connectivity index (χ1) is 11.2. The molecule has 2 aromatic rings. The van der Waals surface area contributed by atoms with Crippen molar-refractivity contribution in [1.82, 2.24) is 9.55 Å². The minimum absolute atomic E-state index is 0.119. The van der Waals surface area contributed by atoms with Gasteiger partial charge in [0, 0.05) is 24.6 Å². The number of anilines is 1. The predicted molar refractivity (Wildman–Crippen MR) is 89.0 cm³/mol. The molecule has 0 radical (unpaired) electrons. The van der Waals surface area contributed by atoms with Crippen molar-refractivity contribution in [2.24, 2.45) is 5.92 Å². The van der Waals surface area contributed by atoms with Gasteiger partial charge in [-0.1, -0.05) is 23.9 Å². The molecule has 0 saturated carbocycles. The van der Waals surface area contributed by atoms with Crippen LogP contribution >= 0.6 is 11.8 Å². The van der Waals surface area contributed by atoms with Crippen LogP contribution in [0.3, 0.4) is 0 Å². The number of hydrogen-bond donors (Lipinski definition) is 1. The minimum atomic E-state index is -0.288. The van der Waals surface area contributed by atoms with Crippen molar-refractivity contribution in [2.45, 2.75) is 18.6 Å². The van der Waals surface area contributed by atoms with Crippen molar-refractivity contribution in [3.8, 4) is 5.75 Å². The Kier molecular flexibility index (Phi) is 4.66. The molecule has 1 atom stereocenters. The molecule has 1 aromatic carbocycles. The van der Waals surface area contributed by atoms with E-state index in [1.807, 2.05) is 25.1 Å². The summed E-state index contributed by atoms with van der Waals surface area (Å²) >= 11 is 1.42. The summed E-state index contributed by atoms with van der Waals surface area (Å²) in [5.41, 5.74) is 0.517. The number of amides is 1. The number of hydrogen-bond acceptors (Lipinski definition) is 5. The molecule has 6 nitrogen and oxygen atoms in total. The van der Waals surface area contributed by atoms with Gasteiger partial charge < -0.3 is 10.1 Å². The van der Waals surface area contributed by atoms with E-state index < -0.39 is 0 Å². The van der Waals surface area contributed by atoms with E-state index in [-0.39, 0.29) is 17.4 Å². The van der Waals surface area contributed by atoms with Gasteiger partial charge in [0.1, 0.15) is 5.75 Å². The lowest BCUT2D eigenvalue weighted by Gasteiger charge is -2.24. The quantitative estimate of drug-likeness (QED) is 0.868. The highest BCUT2D eigenvalue weighted by molar-refractivity contribution is 7.99. The fourth-order valence-corrected chi connectivity index (χ4v) is 3.46. The molecule has 0 fully saturated rings. The Morgan fingerprint density at radius 1 is 1.43 bits per heavy atom. The van der Waals surface area contributed by atoms with Gasteiger partial charge >= 0.3 is 0 Å². The summed E-state index contributed by atoms with van der Waals surface area (Å²) in [5, 5.41) is 3.57. The van der Waals surface area contributed by atoms with Crippen LogP contribution in [-0.2, 0) is 11.3 Å². The highest BCUT2D eigenvalue weighted by Gasteiger charge is 2.26. The number of nitrogens with zero attached hydrogens (tertiary/aromatic N) is 2. The van der Waals surface area contributed by atoms with Gasteiger partial charge in [-0.2, -0.15) is 0 Å². The number of aromatic nitrogens is 2. The predicted octanol–water partition coefficient (Wildman–Crippen LogP) is 2.00. The Morgan fingerprint density at radius 2 is 2.26 bits per heavy atom. The zero-order valence-corrected chi connectivity index (χ0v) is 13.5. The molecule has 2 heterocycles. The van der Waals surface area contributed by atoms with Gasteiger partial charge in [0.05, 0.1) is 18.2 Å². The van der Waals surface area contributed by atoms with E-state index in [1.165, 1.54) is 24.0 Å². The zero-order chi connectivity index (χ0) is 16.2. The monoisotopic (exact) mass is 331 g/mol. The Morgan fingerprint density at radius 3 is 3.09 bits per heavy atom. The first-order valence-electron chi connectivity index (χ1n) is 7.40. The second kappa shape index (κ2) is 6.87. The molecule has 0 saturated heterocycles. The number of ether oxygens (including phenoxy) is 1. The molecule has 3 rings (SSSR count). The molecule has 7 heteroatoms. The molecule has 1 unspecified atom stereocenters. The lowest BCUT2D eigenvalue weighted by atomic mass is 10.1. The van der Waals surface area contributed by atoms with Crippen molar-refractivity contribution in [3.63, 3.8) is 0 Å². The lowest BCUT2D eigenvalue weighted by molar-refractivity contribution is -0.119. The highest BCUT2D eigenvalue weighted by Crippen LogP contribution is 2.28. The topological polar surface area (TPSA) is 73.2 Å². The van der Waals surface area contributed by atoms with Crippen LogP contribution in [0.5, 0.6) is 5.75 Å². The van der Waals surface area contributed by atoms with Gasteiger partial charge in [-0.05, 0) is 19.1 Å². The summed E-state index contributed by atoms with van der Waals surface area (Å²) in [7, 11) is 0. The number of fused-ring (bicyclic) bond motifs is 1. The van der Waals surface area contributed by atoms with E-state index >= 15 is 0 Å². The summed E-state index contributed by atoms with van der Waals surface area (Å²) in [6, 6.07) is 8.74. The molecule has 1 aromatic heterocycles. The summed E-state index contributed by atoms with van der Waals surface area (Å²) in [6.45, 7) is 2.77. The molecule has 0 bridgehead atoms. The first kappa shape index (κ1) is 15.6. The average Bonchev–Trinajstić information content (AvgIpc) is 2.57. The Balaban J connectivity index is 1.75. The third-order valence-electron chi connectivity index (χ3n) is 3.53. The van der Waals surface area contributed by atoms with E-state index in [4.69, 9.17) is 4.74 Å². The lowest BCUT2D eigenvalue weighted by Crippen LogP contribution is -2.36. The maximum atomic E-state index is 12.5. The van der Waals surface area contributed by atoms with Crippen molar-refractivity contribution in [3.05, 3.63) is 46.9 Å². The maximum absolute atomic E-state index is 12.5. The molecule has 0 aliphatic carbocycles. The number of carbonyl (C=O) groups is 1. The van der Waals surface area contributed by atoms with Gasteiger partial charge in [0.25, 0.3) is 5.56 Å². The van der Waals surface area contributed by atoms with Gasteiger partial charge in [-0.15, -0.1) is 0 Å². The van der Waals surface area contributed by atoms with Crippen LogP contribution in [-0.4, -0.2) is 27.8 Å². The second-order valence-electron chi connectivity index (χ2n) is 5.10. The SMILES string of the molecule is CCOc1ccccc1NC(=O)C1CSc2nccc(=O)n2C1. The van der Waals surface area contributed by atoms with Crippen LogP contribution in [0.15, 0.2) is 46.5 Å². The van der Waals surface area contributed by atoms with Crippen LogP contribution in [0.2, 0.25) is 0 Å². The summed E-state index contributed by atoms with van der Waals surface area (Å²) in [6.07, 6.45) is 1.50. The normalized spacial score (nSPS) is 16.5. The number of carbonyl (C=O) groups excluding carboxylic acids is 1. The van der Waals surface area contributed by atoms with Crippen LogP contribution < -0.4 is 15.6 Å². The number of rotatable bonds is 4. The minimum Gasteiger partial charge on any atom is -0.492 e. The molecule has 23 heavy (non-hydrogen) atoms. The molecular formula is C16H17N3O3S. The van der Waals surface area contributed by atoms with Crippen LogP contribution in [0.4, 0.5) is 5.69 Å². The summed E-state index contributed by atoms with van der Waals surface area (Å²) in [5.74, 6) is 0.834. The average molecular weight is 331 g/mol. The third kappa shape index (κ3) is 3.39. The van der Waals surface area contributed by atoms with E-state index in [0.29, 0.717) is 35.5 Å². The Hall–Kier alpha value is -2.28. The Labute approximate surface area is 137 Å². The number of thioether (sulfide) groups is 1. The molecule has 0 spiro atoms. The van der Waals surface area contributed by atoms with Crippen molar-refractivity contribution >= 4 is 23.4 Å². The molecule has 1 N–H and O–H groups in total. The number of para-hydroxylation sites is 2. The molecule has 1 aliphatic heterocycles. The van der Waals surface area contributed by atoms with Crippen molar-refractivity contribution < 1.29 is 9.53 Å². The van der Waals surface area contributed by atoms with E-state index in [1.54, 1.807) is 10.6 Å². The highest BCUT2D eigenvalue weighted by atomic mass is 32.2. The van der Waals surface area contributed by atoms with Gasteiger partial charge in [0.15, 0.2) is 5.16 Å². The summed E-state index contributed by atoms with van der Waals surface area (Å²) in [4.78, 5) is 28.6. The number of nitrogens with one attached hydrogen (secondary N) is 1. The van der Waals surface area contributed by atoms with Crippen molar-refractivity contribution in [1.29, 1.82) is 0 Å².